The van der Waals surface area contributed by atoms with Crippen molar-refractivity contribution in [2.75, 3.05) is 0 Å². The van der Waals surface area contributed by atoms with Crippen molar-refractivity contribution in [2.45, 2.75) is 37.5 Å². The summed E-state index contributed by atoms with van der Waals surface area (Å²) in [7, 11) is 0. The second-order valence-corrected chi connectivity index (χ2v) is 14.5. The fourth-order valence-electron chi connectivity index (χ4n) is 8.93. The molecule has 8 aromatic rings. The summed E-state index contributed by atoms with van der Waals surface area (Å²) >= 11 is 0. The van der Waals surface area contributed by atoms with Crippen LogP contribution in [0.4, 0.5) is 0 Å². The molecule has 1 fully saturated rings. The van der Waals surface area contributed by atoms with E-state index in [4.69, 9.17) is 9.97 Å². The van der Waals surface area contributed by atoms with Crippen LogP contribution in [0.3, 0.4) is 0 Å². The highest BCUT2D eigenvalue weighted by Gasteiger charge is 2.44. The topological polar surface area (TPSA) is 25.8 Å². The van der Waals surface area contributed by atoms with Crippen molar-refractivity contribution in [3.8, 4) is 67.3 Å². The van der Waals surface area contributed by atoms with Gasteiger partial charge in [-0.2, -0.15) is 0 Å². The van der Waals surface area contributed by atoms with Crippen LogP contribution >= 0.6 is 0 Å². The van der Waals surface area contributed by atoms with Gasteiger partial charge in [0, 0.05) is 22.1 Å². The summed E-state index contributed by atoms with van der Waals surface area (Å²) in [6.45, 7) is 0. The SMILES string of the molecule is c1ccc(-c2cc(-c3cccc(-c4ccc(-c5cccc6c5-c5cc7ccccc7cc5C65CCCCC5)cc4)c3)nc(-c3ccccc3)n2)cc1. The first kappa shape index (κ1) is 30.7. The highest BCUT2D eigenvalue weighted by Crippen LogP contribution is 2.58. The van der Waals surface area contributed by atoms with E-state index < -0.39 is 0 Å². The minimum atomic E-state index is 0.116. The van der Waals surface area contributed by atoms with Gasteiger partial charge in [-0.15, -0.1) is 0 Å². The fraction of sp³-hybridized carbons (Fsp3) is 0.120. The monoisotopic (exact) mass is 666 g/mol. The summed E-state index contributed by atoms with van der Waals surface area (Å²) in [4.78, 5) is 10.1. The third kappa shape index (κ3) is 5.17. The lowest BCUT2D eigenvalue weighted by atomic mass is 9.67. The second kappa shape index (κ2) is 12.6. The Labute approximate surface area is 305 Å². The molecular formula is C50H38N2. The smallest absolute Gasteiger partial charge is 0.160 e. The molecule has 2 aliphatic rings. The third-order valence-corrected chi connectivity index (χ3v) is 11.5. The minimum Gasteiger partial charge on any atom is -0.228 e. The average Bonchev–Trinajstić information content (AvgIpc) is 3.48. The number of aromatic nitrogens is 2. The highest BCUT2D eigenvalue weighted by atomic mass is 14.9. The molecule has 0 amide bonds. The molecular weight excluding hydrogens is 629 g/mol. The van der Waals surface area contributed by atoms with Gasteiger partial charge in [-0.3, -0.25) is 0 Å². The number of benzene rings is 7. The van der Waals surface area contributed by atoms with Crippen LogP contribution in [0.25, 0.3) is 78.1 Å². The minimum absolute atomic E-state index is 0.116. The van der Waals surface area contributed by atoms with Gasteiger partial charge in [0.05, 0.1) is 11.4 Å². The van der Waals surface area contributed by atoms with E-state index in [2.05, 4.69) is 146 Å². The first-order valence-corrected chi connectivity index (χ1v) is 18.6. The first-order chi connectivity index (χ1) is 25.7. The maximum atomic E-state index is 5.08. The van der Waals surface area contributed by atoms with Crippen molar-refractivity contribution < 1.29 is 0 Å². The predicted molar refractivity (Wildman–Crippen MR) is 216 cm³/mol. The van der Waals surface area contributed by atoms with Gasteiger partial charge in [0.2, 0.25) is 0 Å². The lowest BCUT2D eigenvalue weighted by Gasteiger charge is -2.36. The quantitative estimate of drug-likeness (QED) is 0.183. The molecule has 0 N–H and O–H groups in total. The largest absolute Gasteiger partial charge is 0.228 e. The second-order valence-electron chi connectivity index (χ2n) is 14.5. The molecule has 1 aromatic heterocycles. The van der Waals surface area contributed by atoms with Crippen molar-refractivity contribution in [3.63, 3.8) is 0 Å². The van der Waals surface area contributed by atoms with Crippen molar-refractivity contribution in [1.29, 1.82) is 0 Å². The summed E-state index contributed by atoms with van der Waals surface area (Å²) in [5.41, 5.74) is 16.0. The van der Waals surface area contributed by atoms with Crippen molar-refractivity contribution in [1.82, 2.24) is 9.97 Å². The van der Waals surface area contributed by atoms with Crippen LogP contribution in [0.1, 0.15) is 43.2 Å². The van der Waals surface area contributed by atoms with Crippen LogP contribution in [0.5, 0.6) is 0 Å². The lowest BCUT2D eigenvalue weighted by Crippen LogP contribution is -2.28. The summed E-state index contributed by atoms with van der Waals surface area (Å²) in [6, 6.07) is 61.6. The maximum Gasteiger partial charge on any atom is 0.160 e. The molecule has 0 radical (unpaired) electrons. The van der Waals surface area contributed by atoms with Crippen LogP contribution in [0.2, 0.25) is 0 Å². The van der Waals surface area contributed by atoms with E-state index in [9.17, 15) is 0 Å². The molecule has 0 atom stereocenters. The van der Waals surface area contributed by atoms with E-state index in [0.717, 1.165) is 33.9 Å². The van der Waals surface area contributed by atoms with Crippen molar-refractivity contribution >= 4 is 10.8 Å². The first-order valence-electron chi connectivity index (χ1n) is 18.6. The number of hydrogen-bond acceptors (Lipinski definition) is 2. The summed E-state index contributed by atoms with van der Waals surface area (Å²) < 4.78 is 0. The van der Waals surface area contributed by atoms with Crippen LogP contribution < -0.4 is 0 Å². The molecule has 2 heteroatoms. The number of fused-ring (bicyclic) bond motifs is 6. The third-order valence-electron chi connectivity index (χ3n) is 11.5. The van der Waals surface area contributed by atoms with Crippen molar-refractivity contribution in [3.05, 3.63) is 181 Å². The van der Waals surface area contributed by atoms with Gasteiger partial charge < -0.3 is 0 Å². The zero-order valence-corrected chi connectivity index (χ0v) is 29.1. The molecule has 1 saturated carbocycles. The van der Waals surface area contributed by atoms with Gasteiger partial charge in [-0.25, -0.2) is 9.97 Å². The zero-order valence-electron chi connectivity index (χ0n) is 29.1. The number of nitrogens with zero attached hydrogens (tertiary/aromatic N) is 2. The van der Waals surface area contributed by atoms with E-state index in [-0.39, 0.29) is 5.41 Å². The van der Waals surface area contributed by atoms with Crippen LogP contribution in [0, 0.1) is 0 Å². The van der Waals surface area contributed by atoms with E-state index in [0.29, 0.717) is 0 Å². The Morgan fingerprint density at radius 2 is 0.962 bits per heavy atom. The average molecular weight is 667 g/mol. The normalized spacial score (nSPS) is 14.3. The Morgan fingerprint density at radius 3 is 1.71 bits per heavy atom. The lowest BCUT2D eigenvalue weighted by molar-refractivity contribution is 0.353. The Kier molecular flexibility index (Phi) is 7.42. The summed E-state index contributed by atoms with van der Waals surface area (Å²) in [6.07, 6.45) is 6.38. The maximum absolute atomic E-state index is 5.08. The Hall–Kier alpha value is -6.12. The Morgan fingerprint density at radius 1 is 0.365 bits per heavy atom. The Balaban J connectivity index is 1.04. The molecule has 0 saturated heterocycles. The Bertz CT molecular complexity index is 2520. The van der Waals surface area contributed by atoms with Crippen LogP contribution in [-0.4, -0.2) is 9.97 Å². The van der Waals surface area contributed by atoms with E-state index in [1.54, 1.807) is 0 Å². The van der Waals surface area contributed by atoms with Crippen molar-refractivity contribution in [2.24, 2.45) is 0 Å². The molecule has 2 nitrogen and oxygen atoms in total. The molecule has 0 unspecified atom stereocenters. The van der Waals surface area contributed by atoms with Gasteiger partial charge in [-0.05, 0) is 92.4 Å². The summed E-state index contributed by atoms with van der Waals surface area (Å²) in [5.74, 6) is 0.728. The molecule has 7 aromatic carbocycles. The fourth-order valence-corrected chi connectivity index (χ4v) is 8.93. The van der Waals surface area contributed by atoms with E-state index in [1.807, 2.05) is 24.3 Å². The van der Waals surface area contributed by atoms with Gasteiger partial charge in [0.15, 0.2) is 5.82 Å². The standard InChI is InChI=1S/C50H38N2/c1-4-14-36(15-5-1)46-33-47(52-49(51-46)37-16-6-2-7-17-37)41-21-12-20-38(30-41)34-24-26-35(27-25-34)42-22-13-23-44-48(42)43-31-39-18-8-9-19-40(39)32-45(43)50(44)28-10-3-11-29-50/h1-2,4-9,12-27,30-33H,3,10-11,28-29H2. The molecule has 1 heterocycles. The number of hydrogen-bond donors (Lipinski definition) is 0. The van der Waals surface area contributed by atoms with Gasteiger partial charge in [0.1, 0.15) is 0 Å². The molecule has 1 spiro atoms. The zero-order chi connectivity index (χ0) is 34.5. The van der Waals surface area contributed by atoms with Gasteiger partial charge in [-0.1, -0.05) is 165 Å². The molecule has 10 rings (SSSR count). The van der Waals surface area contributed by atoms with E-state index in [1.165, 1.54) is 87.4 Å². The molecule has 52 heavy (non-hydrogen) atoms. The predicted octanol–water partition coefficient (Wildman–Crippen LogP) is 13.2. The highest BCUT2D eigenvalue weighted by molar-refractivity contribution is 5.99. The molecule has 0 aliphatic heterocycles. The molecule has 248 valence electrons. The van der Waals surface area contributed by atoms with Gasteiger partial charge >= 0.3 is 0 Å². The number of rotatable bonds is 5. The van der Waals surface area contributed by atoms with Gasteiger partial charge in [0.25, 0.3) is 0 Å². The van der Waals surface area contributed by atoms with E-state index >= 15 is 0 Å². The van der Waals surface area contributed by atoms with Crippen LogP contribution in [-0.2, 0) is 5.41 Å². The molecule has 2 aliphatic carbocycles. The molecule has 0 bridgehead atoms. The summed E-state index contributed by atoms with van der Waals surface area (Å²) in [5, 5.41) is 2.67. The van der Waals surface area contributed by atoms with Crippen LogP contribution in [0.15, 0.2) is 170 Å².